The summed E-state index contributed by atoms with van der Waals surface area (Å²) in [5.41, 5.74) is 9.37. The van der Waals surface area contributed by atoms with Crippen molar-refractivity contribution in [3.8, 4) is 5.75 Å². The van der Waals surface area contributed by atoms with Gasteiger partial charge in [-0.1, -0.05) is 12.5 Å². The average Bonchev–Trinajstić information content (AvgIpc) is 2.69. The molecule has 5 rings (SSSR count). The Morgan fingerprint density at radius 3 is 2.38 bits per heavy atom. The number of amides is 1. The number of carbonyl (C=O) groups excluding carboxylic acids is 3. The Balaban J connectivity index is 1.71. The monoisotopic (exact) mass is 440 g/mol. The smallest absolute Gasteiger partial charge is 0.255 e. The molecule has 32 heavy (non-hydrogen) atoms. The fourth-order valence-electron chi connectivity index (χ4n) is 5.84. The van der Waals surface area contributed by atoms with Crippen LogP contribution in [0.25, 0.3) is 5.76 Å². The molecule has 0 bridgehead atoms. The van der Waals surface area contributed by atoms with Gasteiger partial charge in [0.1, 0.15) is 22.8 Å². The number of hydrogen-bond donors (Lipinski definition) is 6. The van der Waals surface area contributed by atoms with Gasteiger partial charge in [-0.2, -0.15) is 0 Å². The number of aromatic hydroxyl groups is 1. The van der Waals surface area contributed by atoms with Gasteiger partial charge in [-0.05, 0) is 54.7 Å². The summed E-state index contributed by atoms with van der Waals surface area (Å²) in [6.07, 6.45) is 3.41. The van der Waals surface area contributed by atoms with Gasteiger partial charge in [0.2, 0.25) is 5.78 Å². The van der Waals surface area contributed by atoms with Crippen LogP contribution in [0.2, 0.25) is 0 Å². The van der Waals surface area contributed by atoms with Crippen molar-refractivity contribution in [1.29, 1.82) is 0 Å². The second kappa shape index (κ2) is 6.66. The number of benzene rings is 1. The minimum atomic E-state index is -2.67. The molecule has 0 aliphatic heterocycles. The molecule has 1 aromatic rings. The maximum atomic E-state index is 13.5. The number of ketones is 2. The molecule has 4 aliphatic rings. The Labute approximate surface area is 183 Å². The first-order chi connectivity index (χ1) is 15.1. The number of primary amides is 1. The molecule has 4 atom stereocenters. The molecule has 2 saturated carbocycles. The average molecular weight is 440 g/mol. The van der Waals surface area contributed by atoms with Gasteiger partial charge in [0.15, 0.2) is 11.4 Å². The lowest BCUT2D eigenvalue weighted by molar-refractivity contribution is -0.149. The fraction of sp³-hybridized carbons (Fsp3) is 0.435. The largest absolute Gasteiger partial charge is 0.508 e. The molecule has 1 amide bonds. The van der Waals surface area contributed by atoms with Crippen molar-refractivity contribution in [2.24, 2.45) is 23.3 Å². The molecule has 0 heterocycles. The van der Waals surface area contributed by atoms with Crippen molar-refractivity contribution in [1.82, 2.24) is 0 Å². The first-order valence-corrected chi connectivity index (χ1v) is 10.7. The Morgan fingerprint density at radius 2 is 1.78 bits per heavy atom. The van der Waals surface area contributed by atoms with Crippen LogP contribution in [0.4, 0.5) is 0 Å². The van der Waals surface area contributed by atoms with E-state index in [1.807, 2.05) is 6.07 Å². The number of aliphatic hydroxyl groups is 3. The molecule has 9 nitrogen and oxygen atoms in total. The van der Waals surface area contributed by atoms with Gasteiger partial charge in [0, 0.05) is 11.5 Å². The lowest BCUT2D eigenvalue weighted by Crippen LogP contribution is -2.65. The van der Waals surface area contributed by atoms with Crippen LogP contribution in [0.5, 0.6) is 5.75 Å². The summed E-state index contributed by atoms with van der Waals surface area (Å²) >= 11 is 0. The Hall–Kier alpha value is -3.17. The third-order valence-corrected chi connectivity index (χ3v) is 7.72. The SMILES string of the molecule is NC(=O)C1=C(O)[C@@]2(O)C(=O)C3=C(O)c4c(O)ccc(C5CCC5)c4C[C@H]3C[C@H]2[C@@H](N)C1=O. The molecule has 9 heteroatoms. The summed E-state index contributed by atoms with van der Waals surface area (Å²) in [5.74, 6) is -6.55. The Kier molecular flexibility index (Phi) is 4.31. The van der Waals surface area contributed by atoms with Gasteiger partial charge in [-0.3, -0.25) is 14.4 Å². The molecular formula is C23H24N2O7. The maximum absolute atomic E-state index is 13.5. The summed E-state index contributed by atoms with van der Waals surface area (Å²) in [7, 11) is 0. The van der Waals surface area contributed by atoms with Crippen molar-refractivity contribution in [2.45, 2.75) is 49.7 Å². The number of hydrogen-bond acceptors (Lipinski definition) is 8. The first-order valence-electron chi connectivity index (χ1n) is 10.7. The third kappa shape index (κ3) is 2.43. The first kappa shape index (κ1) is 20.7. The minimum absolute atomic E-state index is 0.0177. The van der Waals surface area contributed by atoms with Crippen molar-refractivity contribution in [2.75, 3.05) is 0 Å². The van der Waals surface area contributed by atoms with Crippen molar-refractivity contribution >= 4 is 23.2 Å². The summed E-state index contributed by atoms with van der Waals surface area (Å²) in [6.45, 7) is 0. The number of nitrogens with two attached hydrogens (primary N) is 2. The molecule has 0 aromatic heterocycles. The number of fused-ring (bicyclic) bond motifs is 3. The summed E-state index contributed by atoms with van der Waals surface area (Å²) in [6, 6.07) is 1.88. The van der Waals surface area contributed by atoms with Gasteiger partial charge < -0.3 is 31.9 Å². The number of rotatable bonds is 2. The molecule has 4 aliphatic carbocycles. The van der Waals surface area contributed by atoms with Gasteiger partial charge in [0.25, 0.3) is 5.91 Å². The highest BCUT2D eigenvalue weighted by Gasteiger charge is 2.63. The second-order valence-electron chi connectivity index (χ2n) is 9.23. The molecule has 0 unspecified atom stereocenters. The lowest BCUT2D eigenvalue weighted by atomic mass is 9.57. The van der Waals surface area contributed by atoms with E-state index in [9.17, 15) is 34.8 Å². The van der Waals surface area contributed by atoms with Gasteiger partial charge in [-0.25, -0.2) is 0 Å². The number of carbonyl (C=O) groups is 3. The zero-order valence-corrected chi connectivity index (χ0v) is 17.2. The van der Waals surface area contributed by atoms with Crippen LogP contribution in [-0.4, -0.2) is 49.5 Å². The van der Waals surface area contributed by atoms with Crippen LogP contribution in [0.15, 0.2) is 29.0 Å². The van der Waals surface area contributed by atoms with Crippen molar-refractivity contribution in [3.63, 3.8) is 0 Å². The number of aliphatic hydroxyl groups excluding tert-OH is 2. The zero-order chi connectivity index (χ0) is 23.1. The highest BCUT2D eigenvalue weighted by atomic mass is 16.3. The van der Waals surface area contributed by atoms with E-state index < -0.39 is 58.0 Å². The van der Waals surface area contributed by atoms with E-state index in [4.69, 9.17) is 11.5 Å². The number of Topliss-reactive ketones (excluding diaryl/α,β-unsaturated/α-hetero) is 2. The van der Waals surface area contributed by atoms with Gasteiger partial charge in [-0.15, -0.1) is 0 Å². The number of phenolic OH excluding ortho intramolecular Hbond substituents is 1. The van der Waals surface area contributed by atoms with E-state index in [1.54, 1.807) is 0 Å². The molecular weight excluding hydrogens is 416 g/mol. The second-order valence-corrected chi connectivity index (χ2v) is 9.23. The predicted molar refractivity (Wildman–Crippen MR) is 111 cm³/mol. The molecule has 0 radical (unpaired) electrons. The summed E-state index contributed by atoms with van der Waals surface area (Å²) < 4.78 is 0. The van der Waals surface area contributed by atoms with Crippen LogP contribution in [0.3, 0.4) is 0 Å². The molecule has 168 valence electrons. The zero-order valence-electron chi connectivity index (χ0n) is 17.2. The normalized spacial score (nSPS) is 32.2. The molecule has 2 fully saturated rings. The standard InChI is InChI=1S/C23H24N2O7/c24-17-12-7-9-6-11-10(8-2-1-3-8)4-5-13(26)15(11)18(27)14(9)20(29)23(12,32)21(30)16(19(17)28)22(25)31/h4-5,8-9,12,17,26-27,30,32H,1-3,6-7,24H2,(H2,25,31)/t9-,12-,17+,23-/m0/s1. The number of phenols is 1. The van der Waals surface area contributed by atoms with E-state index >= 15 is 0 Å². The minimum Gasteiger partial charge on any atom is -0.508 e. The fourth-order valence-corrected chi connectivity index (χ4v) is 5.84. The Bertz CT molecular complexity index is 1160. The van der Waals surface area contributed by atoms with E-state index in [2.05, 4.69) is 0 Å². The van der Waals surface area contributed by atoms with E-state index in [0.717, 1.165) is 30.4 Å². The predicted octanol–water partition coefficient (Wildman–Crippen LogP) is 0.629. The topological polar surface area (TPSA) is 184 Å². The highest BCUT2D eigenvalue weighted by Crippen LogP contribution is 2.53. The Morgan fingerprint density at radius 1 is 1.09 bits per heavy atom. The van der Waals surface area contributed by atoms with Gasteiger partial charge >= 0.3 is 0 Å². The summed E-state index contributed by atoms with van der Waals surface area (Å²) in [5, 5.41) is 43.5. The molecule has 0 spiro atoms. The molecule has 0 saturated heterocycles. The van der Waals surface area contributed by atoms with E-state index in [1.165, 1.54) is 6.07 Å². The van der Waals surface area contributed by atoms with Crippen LogP contribution in [0, 0.1) is 11.8 Å². The van der Waals surface area contributed by atoms with Crippen LogP contribution < -0.4 is 11.5 Å². The molecule has 8 N–H and O–H groups in total. The maximum Gasteiger partial charge on any atom is 0.255 e. The lowest BCUT2D eigenvalue weighted by Gasteiger charge is -2.48. The van der Waals surface area contributed by atoms with Crippen LogP contribution in [0.1, 0.15) is 48.3 Å². The molecule has 1 aromatic carbocycles. The van der Waals surface area contributed by atoms with Crippen molar-refractivity contribution in [3.05, 3.63) is 45.7 Å². The third-order valence-electron chi connectivity index (χ3n) is 7.72. The van der Waals surface area contributed by atoms with Crippen LogP contribution in [-0.2, 0) is 20.8 Å². The summed E-state index contributed by atoms with van der Waals surface area (Å²) in [4.78, 5) is 37.8. The van der Waals surface area contributed by atoms with Crippen LogP contribution >= 0.6 is 0 Å². The van der Waals surface area contributed by atoms with E-state index in [0.29, 0.717) is 12.3 Å². The highest BCUT2D eigenvalue weighted by molar-refractivity contribution is 6.24. The quantitative estimate of drug-likeness (QED) is 0.362. The van der Waals surface area contributed by atoms with E-state index in [-0.39, 0.29) is 23.3 Å². The van der Waals surface area contributed by atoms with Crippen molar-refractivity contribution < 1.29 is 34.8 Å². The van der Waals surface area contributed by atoms with Gasteiger partial charge in [0.05, 0.1) is 11.6 Å².